The molecule has 6 nitrogen and oxygen atoms in total. The van der Waals surface area contributed by atoms with Crippen molar-refractivity contribution >= 4 is 17.9 Å². The summed E-state index contributed by atoms with van der Waals surface area (Å²) in [5, 5.41) is 0. The molecular weight excluding hydrogens is 204 g/mol. The first-order valence-electron chi connectivity index (χ1n) is 4.55. The average molecular weight is 214 g/mol. The number of methoxy groups -OCH3 is 1. The van der Waals surface area contributed by atoms with Crippen LogP contribution in [-0.4, -0.2) is 37.2 Å². The summed E-state index contributed by atoms with van der Waals surface area (Å²) in [7, 11) is 1.19. The zero-order valence-electron chi connectivity index (χ0n) is 8.26. The van der Waals surface area contributed by atoms with Crippen LogP contribution >= 0.6 is 0 Å². The molecule has 0 aromatic heterocycles. The fourth-order valence-corrected chi connectivity index (χ4v) is 2.04. The molecule has 4 atom stereocenters. The lowest BCUT2D eigenvalue weighted by Crippen LogP contribution is -2.32. The van der Waals surface area contributed by atoms with Crippen LogP contribution in [0.1, 0.15) is 6.92 Å². The zero-order chi connectivity index (χ0) is 11.2. The van der Waals surface area contributed by atoms with Gasteiger partial charge in [0.15, 0.2) is 5.92 Å². The first-order valence-corrected chi connectivity index (χ1v) is 4.55. The quantitative estimate of drug-likeness (QED) is 0.325. The van der Waals surface area contributed by atoms with Crippen molar-refractivity contribution in [2.24, 2.45) is 11.8 Å². The first-order chi connectivity index (χ1) is 7.06. The van der Waals surface area contributed by atoms with Crippen molar-refractivity contribution in [2.75, 3.05) is 7.11 Å². The van der Waals surface area contributed by atoms with Crippen LogP contribution in [0.5, 0.6) is 0 Å². The second kappa shape index (κ2) is 3.22. The van der Waals surface area contributed by atoms with E-state index in [4.69, 9.17) is 9.47 Å². The fraction of sp³-hybridized carbons (Fsp3) is 0.667. The molecule has 2 fully saturated rings. The third-order valence-electron chi connectivity index (χ3n) is 2.76. The first kappa shape index (κ1) is 9.95. The number of esters is 3. The van der Waals surface area contributed by atoms with E-state index >= 15 is 0 Å². The lowest BCUT2D eigenvalue weighted by molar-refractivity contribution is -0.163. The molecular formula is C9H10O6. The highest BCUT2D eigenvalue weighted by atomic mass is 16.6. The largest absolute Gasteiger partial charge is 0.468 e. The molecule has 0 bridgehead atoms. The second-order valence-corrected chi connectivity index (χ2v) is 3.58. The monoisotopic (exact) mass is 214 g/mol. The average Bonchev–Trinajstić information content (AvgIpc) is 2.65. The summed E-state index contributed by atoms with van der Waals surface area (Å²) in [6, 6.07) is 0. The van der Waals surface area contributed by atoms with Gasteiger partial charge in [-0.3, -0.25) is 9.59 Å². The summed E-state index contributed by atoms with van der Waals surface area (Å²) < 4.78 is 14.2. The molecule has 0 aliphatic carbocycles. The van der Waals surface area contributed by atoms with E-state index in [0.717, 1.165) is 0 Å². The van der Waals surface area contributed by atoms with Crippen molar-refractivity contribution < 1.29 is 28.6 Å². The van der Waals surface area contributed by atoms with E-state index in [1.807, 2.05) is 0 Å². The number of hydrogen-bond donors (Lipinski definition) is 0. The van der Waals surface area contributed by atoms with Gasteiger partial charge in [0.1, 0.15) is 6.10 Å². The van der Waals surface area contributed by atoms with Crippen molar-refractivity contribution in [2.45, 2.75) is 19.1 Å². The van der Waals surface area contributed by atoms with Gasteiger partial charge in [0.25, 0.3) is 0 Å². The van der Waals surface area contributed by atoms with Gasteiger partial charge in [-0.1, -0.05) is 0 Å². The molecule has 2 aliphatic rings. The van der Waals surface area contributed by atoms with Gasteiger partial charge in [-0.25, -0.2) is 4.79 Å². The lowest BCUT2D eigenvalue weighted by Gasteiger charge is -2.13. The molecule has 2 rings (SSSR count). The number of carbonyl (C=O) groups excluding carboxylic acids is 3. The van der Waals surface area contributed by atoms with E-state index < -0.39 is 42.0 Å². The maximum absolute atomic E-state index is 11.3. The van der Waals surface area contributed by atoms with Gasteiger partial charge >= 0.3 is 17.9 Å². The smallest absolute Gasteiger partial charge is 0.348 e. The van der Waals surface area contributed by atoms with Crippen molar-refractivity contribution in [3.63, 3.8) is 0 Å². The van der Waals surface area contributed by atoms with Crippen molar-refractivity contribution in [3.05, 3.63) is 0 Å². The minimum Gasteiger partial charge on any atom is -0.468 e. The van der Waals surface area contributed by atoms with Gasteiger partial charge in [-0.2, -0.15) is 0 Å². The fourth-order valence-electron chi connectivity index (χ4n) is 2.04. The minimum atomic E-state index is -1.04. The summed E-state index contributed by atoms with van der Waals surface area (Å²) in [5.41, 5.74) is 0. The highest BCUT2D eigenvalue weighted by Gasteiger charge is 2.60. The molecule has 0 radical (unpaired) electrons. The van der Waals surface area contributed by atoms with Gasteiger partial charge in [0.2, 0.25) is 6.10 Å². The Morgan fingerprint density at radius 1 is 1.27 bits per heavy atom. The van der Waals surface area contributed by atoms with E-state index in [-0.39, 0.29) is 0 Å². The number of ether oxygens (including phenoxy) is 3. The topological polar surface area (TPSA) is 78.9 Å². The van der Waals surface area contributed by atoms with Crippen LogP contribution in [0.25, 0.3) is 0 Å². The van der Waals surface area contributed by atoms with E-state index in [1.54, 1.807) is 6.92 Å². The highest BCUT2D eigenvalue weighted by Crippen LogP contribution is 2.38. The Bertz CT molecular complexity index is 335. The highest BCUT2D eigenvalue weighted by molar-refractivity contribution is 6.00. The van der Waals surface area contributed by atoms with Gasteiger partial charge in [0.05, 0.1) is 13.0 Å². The van der Waals surface area contributed by atoms with E-state index in [2.05, 4.69) is 4.74 Å². The maximum Gasteiger partial charge on any atom is 0.348 e. The molecule has 0 N–H and O–H groups in total. The molecule has 0 aromatic rings. The molecule has 2 aliphatic heterocycles. The van der Waals surface area contributed by atoms with Gasteiger partial charge in [-0.05, 0) is 6.92 Å². The van der Waals surface area contributed by atoms with Crippen LogP contribution in [-0.2, 0) is 28.6 Å². The molecule has 15 heavy (non-hydrogen) atoms. The number of carbonyl (C=O) groups is 3. The molecule has 6 heteroatoms. The third kappa shape index (κ3) is 1.28. The summed E-state index contributed by atoms with van der Waals surface area (Å²) in [5.74, 6) is -3.58. The molecule has 2 saturated heterocycles. The Morgan fingerprint density at radius 3 is 2.53 bits per heavy atom. The van der Waals surface area contributed by atoms with Crippen molar-refractivity contribution in [1.29, 1.82) is 0 Å². The molecule has 82 valence electrons. The van der Waals surface area contributed by atoms with E-state index in [1.165, 1.54) is 7.11 Å². The Morgan fingerprint density at radius 2 is 1.93 bits per heavy atom. The predicted molar refractivity (Wildman–Crippen MR) is 44.4 cm³/mol. The van der Waals surface area contributed by atoms with Gasteiger partial charge in [-0.15, -0.1) is 0 Å². The number of hydrogen-bond acceptors (Lipinski definition) is 6. The Labute approximate surface area is 85.5 Å². The second-order valence-electron chi connectivity index (χ2n) is 3.58. The maximum atomic E-state index is 11.3. The van der Waals surface area contributed by atoms with Gasteiger partial charge < -0.3 is 14.2 Å². The SMILES string of the molecule is COC(=O)C1C(=O)OC2C(=O)OC(C)C21. The van der Waals surface area contributed by atoms with E-state index in [0.29, 0.717) is 0 Å². The molecule has 4 unspecified atom stereocenters. The summed E-state index contributed by atoms with van der Waals surface area (Å²) in [4.78, 5) is 33.9. The number of rotatable bonds is 1. The summed E-state index contributed by atoms with van der Waals surface area (Å²) >= 11 is 0. The van der Waals surface area contributed by atoms with Crippen LogP contribution in [0.4, 0.5) is 0 Å². The molecule has 0 amide bonds. The number of cyclic esters (lactones) is 1. The summed E-state index contributed by atoms with van der Waals surface area (Å²) in [6.07, 6.45) is -1.45. The summed E-state index contributed by atoms with van der Waals surface area (Å²) in [6.45, 7) is 1.63. The number of fused-ring (bicyclic) bond motifs is 1. The predicted octanol–water partition coefficient (Wildman–Crippen LogP) is -0.738. The van der Waals surface area contributed by atoms with Crippen molar-refractivity contribution in [3.8, 4) is 0 Å². The third-order valence-corrected chi connectivity index (χ3v) is 2.76. The van der Waals surface area contributed by atoms with Crippen LogP contribution in [0, 0.1) is 11.8 Å². The standard InChI is InChI=1S/C9H10O6/c1-3-4-5(7(10)13-2)8(11)15-6(4)9(12)14-3/h3-6H,1-2H3. The molecule has 0 aromatic carbocycles. The minimum absolute atomic E-state index is 0.502. The van der Waals surface area contributed by atoms with E-state index in [9.17, 15) is 14.4 Å². The normalized spacial score (nSPS) is 38.3. The van der Waals surface area contributed by atoms with Crippen LogP contribution in [0.15, 0.2) is 0 Å². The van der Waals surface area contributed by atoms with Crippen molar-refractivity contribution in [1.82, 2.24) is 0 Å². The Hall–Kier alpha value is -1.59. The molecule has 0 saturated carbocycles. The molecule has 0 spiro atoms. The van der Waals surface area contributed by atoms with Crippen LogP contribution in [0.2, 0.25) is 0 Å². The Balaban J connectivity index is 2.29. The lowest BCUT2D eigenvalue weighted by atomic mass is 9.88. The zero-order valence-corrected chi connectivity index (χ0v) is 8.26. The Kier molecular flexibility index (Phi) is 2.13. The van der Waals surface area contributed by atoms with Gasteiger partial charge in [0, 0.05) is 0 Å². The van der Waals surface area contributed by atoms with Crippen LogP contribution in [0.3, 0.4) is 0 Å². The van der Waals surface area contributed by atoms with Crippen LogP contribution < -0.4 is 0 Å². The molecule has 2 heterocycles.